The number of para-hydroxylation sites is 1. The van der Waals surface area contributed by atoms with Crippen LogP contribution >= 0.6 is 0 Å². The van der Waals surface area contributed by atoms with Crippen LogP contribution in [0.1, 0.15) is 12.0 Å². The Morgan fingerprint density at radius 2 is 1.52 bits per heavy atom. The Labute approximate surface area is 167 Å². The van der Waals surface area contributed by atoms with Gasteiger partial charge in [-0.3, -0.25) is 20.4 Å². The van der Waals surface area contributed by atoms with E-state index in [0.29, 0.717) is 23.7 Å². The summed E-state index contributed by atoms with van der Waals surface area (Å²) >= 11 is 0. The molecular weight excluding hydrogens is 383 g/mol. The lowest BCUT2D eigenvalue weighted by molar-refractivity contribution is -0.130. The summed E-state index contributed by atoms with van der Waals surface area (Å²) in [6.07, 6.45) is 0.483. The summed E-state index contributed by atoms with van der Waals surface area (Å²) < 4.78 is 34.3. The van der Waals surface area contributed by atoms with Gasteiger partial charge in [0.05, 0.1) is 21.3 Å². The van der Waals surface area contributed by atoms with Crippen LogP contribution in [-0.4, -0.2) is 39.8 Å². The first-order chi connectivity index (χ1) is 14.0. The molecule has 0 atom stereocenters. The molecule has 0 aromatic heterocycles. The number of amides is 2. The minimum atomic E-state index is -0.616. The van der Waals surface area contributed by atoms with Crippen LogP contribution in [0, 0.1) is 5.82 Å². The lowest BCUT2D eigenvalue weighted by Crippen LogP contribution is -2.43. The molecule has 0 unspecified atom stereocenters. The first kappa shape index (κ1) is 21.8. The van der Waals surface area contributed by atoms with Gasteiger partial charge in [0.25, 0.3) is 5.91 Å². The molecule has 2 rings (SSSR count). The third-order valence-corrected chi connectivity index (χ3v) is 3.90. The fourth-order valence-electron chi connectivity index (χ4n) is 2.48. The van der Waals surface area contributed by atoms with Gasteiger partial charge in [0.2, 0.25) is 11.7 Å². The predicted octanol–water partition coefficient (Wildman–Crippen LogP) is 2.01. The van der Waals surface area contributed by atoms with Gasteiger partial charge in [-0.2, -0.15) is 0 Å². The number of ether oxygens (including phenoxy) is 4. The monoisotopic (exact) mass is 406 g/mol. The lowest BCUT2D eigenvalue weighted by atomic mass is 10.1. The van der Waals surface area contributed by atoms with Crippen LogP contribution in [0.25, 0.3) is 0 Å². The van der Waals surface area contributed by atoms with Crippen LogP contribution in [0.15, 0.2) is 36.4 Å². The van der Waals surface area contributed by atoms with E-state index in [2.05, 4.69) is 10.9 Å². The van der Waals surface area contributed by atoms with Crippen molar-refractivity contribution in [3.8, 4) is 23.0 Å². The topological polar surface area (TPSA) is 95.1 Å². The Morgan fingerprint density at radius 3 is 2.10 bits per heavy atom. The molecule has 0 saturated carbocycles. The molecule has 0 bridgehead atoms. The van der Waals surface area contributed by atoms with Crippen LogP contribution in [0.4, 0.5) is 4.39 Å². The van der Waals surface area contributed by atoms with Gasteiger partial charge in [-0.25, -0.2) is 4.39 Å². The molecule has 8 nitrogen and oxygen atoms in total. The van der Waals surface area contributed by atoms with E-state index in [1.165, 1.54) is 39.5 Å². The van der Waals surface area contributed by atoms with E-state index in [9.17, 15) is 14.0 Å². The zero-order chi connectivity index (χ0) is 21.2. The van der Waals surface area contributed by atoms with Crippen molar-refractivity contribution in [2.75, 3.05) is 27.9 Å². The summed E-state index contributed by atoms with van der Waals surface area (Å²) in [5.74, 6) is -0.203. The number of carbonyl (C=O) groups is 2. The van der Waals surface area contributed by atoms with Gasteiger partial charge in [0, 0.05) is 6.42 Å². The van der Waals surface area contributed by atoms with Crippen molar-refractivity contribution in [2.24, 2.45) is 0 Å². The molecule has 2 amide bonds. The van der Waals surface area contributed by atoms with Crippen molar-refractivity contribution in [2.45, 2.75) is 12.8 Å². The van der Waals surface area contributed by atoms with Gasteiger partial charge < -0.3 is 18.9 Å². The highest BCUT2D eigenvalue weighted by Crippen LogP contribution is 2.38. The minimum Gasteiger partial charge on any atom is -0.493 e. The Bertz CT molecular complexity index is 834. The van der Waals surface area contributed by atoms with E-state index in [4.69, 9.17) is 18.9 Å². The number of hydrogen-bond acceptors (Lipinski definition) is 6. The molecule has 2 aromatic rings. The molecule has 2 aromatic carbocycles. The van der Waals surface area contributed by atoms with Crippen molar-refractivity contribution in [1.29, 1.82) is 0 Å². The van der Waals surface area contributed by atoms with E-state index in [-0.39, 0.29) is 12.2 Å². The largest absolute Gasteiger partial charge is 0.493 e. The minimum absolute atomic E-state index is 0.0450. The number of nitrogens with one attached hydrogen (secondary N) is 2. The molecule has 156 valence electrons. The second-order valence-electron chi connectivity index (χ2n) is 5.85. The lowest BCUT2D eigenvalue weighted by Gasteiger charge is -2.14. The fourth-order valence-corrected chi connectivity index (χ4v) is 2.48. The molecule has 0 aliphatic rings. The maximum absolute atomic E-state index is 13.4. The number of rotatable bonds is 9. The van der Waals surface area contributed by atoms with Crippen LogP contribution in [-0.2, 0) is 16.0 Å². The summed E-state index contributed by atoms with van der Waals surface area (Å²) in [4.78, 5) is 23.7. The molecule has 0 saturated heterocycles. The van der Waals surface area contributed by atoms with Gasteiger partial charge in [-0.05, 0) is 36.2 Å². The normalized spacial score (nSPS) is 10.1. The van der Waals surface area contributed by atoms with Gasteiger partial charge in [0.15, 0.2) is 29.7 Å². The van der Waals surface area contributed by atoms with Crippen LogP contribution < -0.4 is 29.8 Å². The predicted molar refractivity (Wildman–Crippen MR) is 103 cm³/mol. The van der Waals surface area contributed by atoms with E-state index >= 15 is 0 Å². The van der Waals surface area contributed by atoms with Gasteiger partial charge >= 0.3 is 0 Å². The number of benzene rings is 2. The second-order valence-corrected chi connectivity index (χ2v) is 5.85. The zero-order valence-corrected chi connectivity index (χ0v) is 16.4. The smallest absolute Gasteiger partial charge is 0.276 e. The average Bonchev–Trinajstić information content (AvgIpc) is 2.74. The van der Waals surface area contributed by atoms with E-state index in [0.717, 1.165) is 5.56 Å². The number of halogens is 1. The molecule has 0 aliphatic heterocycles. The Hall–Kier alpha value is -3.49. The molecule has 0 spiro atoms. The second kappa shape index (κ2) is 10.7. The number of hydrazine groups is 1. The summed E-state index contributed by atoms with van der Waals surface area (Å²) in [7, 11) is 4.52. The summed E-state index contributed by atoms with van der Waals surface area (Å²) in [6, 6.07) is 9.21. The van der Waals surface area contributed by atoms with Crippen molar-refractivity contribution in [3.05, 3.63) is 47.8 Å². The van der Waals surface area contributed by atoms with Crippen molar-refractivity contribution >= 4 is 11.8 Å². The van der Waals surface area contributed by atoms with Crippen LogP contribution in [0.3, 0.4) is 0 Å². The quantitative estimate of drug-likeness (QED) is 0.619. The maximum Gasteiger partial charge on any atom is 0.276 e. The number of carbonyl (C=O) groups excluding carboxylic acids is 2. The van der Waals surface area contributed by atoms with Gasteiger partial charge in [0.1, 0.15) is 0 Å². The van der Waals surface area contributed by atoms with Crippen molar-refractivity contribution < 1.29 is 32.9 Å². The average molecular weight is 406 g/mol. The van der Waals surface area contributed by atoms with Crippen LogP contribution in [0.2, 0.25) is 0 Å². The first-order valence-corrected chi connectivity index (χ1v) is 8.72. The number of hydrogen-bond donors (Lipinski definition) is 2. The standard InChI is InChI=1S/C20H23FN2O6/c1-26-16-10-13(11-17(27-2)20(16)28-3)8-9-18(24)22-23-19(25)12-29-15-7-5-4-6-14(15)21/h4-7,10-11H,8-9,12H2,1-3H3,(H,22,24)(H,23,25). The van der Waals surface area contributed by atoms with Gasteiger partial charge in [-0.15, -0.1) is 0 Å². The SMILES string of the molecule is COc1cc(CCC(=O)NNC(=O)COc2ccccc2F)cc(OC)c1OC. The highest BCUT2D eigenvalue weighted by molar-refractivity contribution is 5.82. The third-order valence-electron chi connectivity index (χ3n) is 3.90. The van der Waals surface area contributed by atoms with Crippen molar-refractivity contribution in [1.82, 2.24) is 10.9 Å². The summed E-state index contributed by atoms with van der Waals surface area (Å²) in [6.45, 7) is -0.436. The van der Waals surface area contributed by atoms with E-state index < -0.39 is 24.2 Å². The third kappa shape index (κ3) is 6.27. The molecule has 0 radical (unpaired) electrons. The Kier molecular flexibility index (Phi) is 8.08. The zero-order valence-electron chi connectivity index (χ0n) is 16.4. The highest BCUT2D eigenvalue weighted by atomic mass is 19.1. The van der Waals surface area contributed by atoms with E-state index in [1.54, 1.807) is 18.2 Å². The number of aryl methyl sites for hydroxylation is 1. The molecule has 29 heavy (non-hydrogen) atoms. The molecule has 0 aliphatic carbocycles. The molecule has 2 N–H and O–H groups in total. The fraction of sp³-hybridized carbons (Fsp3) is 0.300. The Morgan fingerprint density at radius 1 is 0.897 bits per heavy atom. The first-order valence-electron chi connectivity index (χ1n) is 8.72. The molecule has 0 heterocycles. The van der Waals surface area contributed by atoms with E-state index in [1.807, 2.05) is 0 Å². The van der Waals surface area contributed by atoms with Crippen molar-refractivity contribution in [3.63, 3.8) is 0 Å². The molecule has 0 fully saturated rings. The highest BCUT2D eigenvalue weighted by Gasteiger charge is 2.14. The van der Waals surface area contributed by atoms with Gasteiger partial charge in [-0.1, -0.05) is 12.1 Å². The molecular formula is C20H23FN2O6. The summed E-state index contributed by atoms with van der Waals surface area (Å²) in [5, 5.41) is 0. The molecule has 9 heteroatoms. The number of methoxy groups -OCH3 is 3. The maximum atomic E-state index is 13.4. The van der Waals surface area contributed by atoms with Crippen LogP contribution in [0.5, 0.6) is 23.0 Å². The Balaban J connectivity index is 1.81. The summed E-state index contributed by atoms with van der Waals surface area (Å²) in [5.41, 5.74) is 5.30.